The molecule has 2 aliphatic heterocycles. The van der Waals surface area contributed by atoms with Crippen molar-refractivity contribution in [1.82, 2.24) is 4.90 Å². The molecule has 0 aromatic heterocycles. The average Bonchev–Trinajstić information content (AvgIpc) is 2.87. The average molecular weight is 259 g/mol. The van der Waals surface area contributed by atoms with Gasteiger partial charge < -0.3 is 15.1 Å². The van der Waals surface area contributed by atoms with Crippen LogP contribution in [0.3, 0.4) is 0 Å². The molecule has 2 heterocycles. The lowest BCUT2D eigenvalue weighted by Gasteiger charge is -2.33. The van der Waals surface area contributed by atoms with Gasteiger partial charge in [-0.2, -0.15) is 0 Å². The normalized spacial score (nSPS) is 20.6. The maximum absolute atomic E-state index is 12.0. The Morgan fingerprint density at radius 3 is 2.95 bits per heavy atom. The number of hydrogen-bond donors (Lipinski definition) is 1. The van der Waals surface area contributed by atoms with Gasteiger partial charge in [-0.3, -0.25) is 9.59 Å². The van der Waals surface area contributed by atoms with Crippen LogP contribution >= 0.6 is 0 Å². The fourth-order valence-corrected chi connectivity index (χ4v) is 2.82. The second-order valence-corrected chi connectivity index (χ2v) is 5.27. The molecule has 0 bridgehead atoms. The molecule has 5 nitrogen and oxygen atoms in total. The molecule has 19 heavy (non-hydrogen) atoms. The molecule has 2 aliphatic rings. The number of nitrogens with one attached hydrogen (secondary N) is 1. The summed E-state index contributed by atoms with van der Waals surface area (Å²) >= 11 is 0. The zero-order chi connectivity index (χ0) is 13.6. The number of fused-ring (bicyclic) bond motifs is 3. The predicted octanol–water partition coefficient (Wildman–Crippen LogP) is 1.31. The Balaban J connectivity index is 2.00. The lowest BCUT2D eigenvalue weighted by atomic mass is 10.1. The van der Waals surface area contributed by atoms with Crippen LogP contribution in [0.1, 0.15) is 23.2 Å². The molecule has 1 aromatic rings. The minimum absolute atomic E-state index is 0.0390. The quantitative estimate of drug-likeness (QED) is 0.827. The molecule has 0 aliphatic carbocycles. The summed E-state index contributed by atoms with van der Waals surface area (Å²) < 4.78 is 0. The van der Waals surface area contributed by atoms with Crippen LogP contribution in [0, 0.1) is 0 Å². The second kappa shape index (κ2) is 4.26. The highest BCUT2D eigenvalue weighted by Gasteiger charge is 2.36. The summed E-state index contributed by atoms with van der Waals surface area (Å²) in [5, 5.41) is 2.91. The first-order valence-corrected chi connectivity index (χ1v) is 6.51. The van der Waals surface area contributed by atoms with Gasteiger partial charge in [-0.15, -0.1) is 0 Å². The van der Waals surface area contributed by atoms with Gasteiger partial charge >= 0.3 is 0 Å². The first-order chi connectivity index (χ1) is 9.08. The van der Waals surface area contributed by atoms with Crippen molar-refractivity contribution >= 4 is 23.2 Å². The smallest absolute Gasteiger partial charge is 0.253 e. The second-order valence-electron chi connectivity index (χ2n) is 5.27. The van der Waals surface area contributed by atoms with Gasteiger partial charge in [0.15, 0.2) is 0 Å². The first kappa shape index (κ1) is 12.0. The fraction of sp³-hybridized carbons (Fsp3) is 0.429. The van der Waals surface area contributed by atoms with Crippen LogP contribution in [-0.2, 0) is 4.79 Å². The number of benzene rings is 1. The molecule has 3 rings (SSSR count). The largest absolute Gasteiger partial charge is 0.358 e. The van der Waals surface area contributed by atoms with Crippen molar-refractivity contribution in [2.24, 2.45) is 0 Å². The van der Waals surface area contributed by atoms with Crippen LogP contribution in [0.15, 0.2) is 18.2 Å². The van der Waals surface area contributed by atoms with Gasteiger partial charge in [0.25, 0.3) is 5.91 Å². The number of amides is 2. The van der Waals surface area contributed by atoms with E-state index in [9.17, 15) is 9.59 Å². The molecular weight excluding hydrogens is 242 g/mol. The standard InChI is InChI=1S/C14H17N3O2/c1-16(2)14(19)9-5-6-11-10(8-9)15-13(18)12-4-3-7-17(11)12/h5-6,8,12H,3-4,7H2,1-2H3,(H,15,18)/t12-/m1/s1. The van der Waals surface area contributed by atoms with Crippen molar-refractivity contribution in [1.29, 1.82) is 0 Å². The number of hydrogen-bond acceptors (Lipinski definition) is 3. The fourth-order valence-electron chi connectivity index (χ4n) is 2.82. The van der Waals surface area contributed by atoms with E-state index >= 15 is 0 Å². The van der Waals surface area contributed by atoms with E-state index in [2.05, 4.69) is 10.2 Å². The van der Waals surface area contributed by atoms with Crippen molar-refractivity contribution in [3.63, 3.8) is 0 Å². The van der Waals surface area contributed by atoms with Crippen LogP contribution in [-0.4, -0.2) is 43.4 Å². The van der Waals surface area contributed by atoms with Gasteiger partial charge in [0, 0.05) is 26.2 Å². The summed E-state index contributed by atoms with van der Waals surface area (Å²) in [6.45, 7) is 0.909. The van der Waals surface area contributed by atoms with Gasteiger partial charge in [-0.25, -0.2) is 0 Å². The molecule has 1 aromatic carbocycles. The maximum Gasteiger partial charge on any atom is 0.253 e. The van der Waals surface area contributed by atoms with Gasteiger partial charge in [0.1, 0.15) is 6.04 Å². The summed E-state index contributed by atoms with van der Waals surface area (Å²) in [6, 6.07) is 5.49. The van der Waals surface area contributed by atoms with Gasteiger partial charge in [-0.05, 0) is 31.0 Å². The number of nitrogens with zero attached hydrogens (tertiary/aromatic N) is 2. The highest BCUT2D eigenvalue weighted by atomic mass is 16.2. The zero-order valence-corrected chi connectivity index (χ0v) is 11.1. The Morgan fingerprint density at radius 1 is 1.42 bits per heavy atom. The van der Waals surface area contributed by atoms with Crippen LogP contribution in [0.2, 0.25) is 0 Å². The third kappa shape index (κ3) is 1.85. The SMILES string of the molecule is CN(C)C(=O)c1ccc2c(c1)NC(=O)[C@H]1CCCN21. The van der Waals surface area contributed by atoms with Crippen LogP contribution in [0.4, 0.5) is 11.4 Å². The Hall–Kier alpha value is -2.04. The Labute approximate surface area is 112 Å². The topological polar surface area (TPSA) is 52.7 Å². The number of anilines is 2. The molecule has 0 saturated carbocycles. The van der Waals surface area contributed by atoms with Crippen molar-refractivity contribution in [3.8, 4) is 0 Å². The summed E-state index contributed by atoms with van der Waals surface area (Å²) in [5.74, 6) is -0.0138. The molecule has 2 amide bonds. The minimum atomic E-state index is -0.0550. The highest BCUT2D eigenvalue weighted by Crippen LogP contribution is 2.37. The van der Waals surface area contributed by atoms with Crippen molar-refractivity contribution in [2.45, 2.75) is 18.9 Å². The third-order valence-electron chi connectivity index (χ3n) is 3.77. The molecule has 1 fully saturated rings. The molecule has 0 spiro atoms. The Morgan fingerprint density at radius 2 is 2.21 bits per heavy atom. The third-order valence-corrected chi connectivity index (χ3v) is 3.77. The highest BCUT2D eigenvalue weighted by molar-refractivity contribution is 6.06. The Bertz CT molecular complexity index is 554. The van der Waals surface area contributed by atoms with E-state index in [0.29, 0.717) is 5.56 Å². The zero-order valence-electron chi connectivity index (χ0n) is 11.1. The van der Waals surface area contributed by atoms with E-state index in [0.717, 1.165) is 30.8 Å². The van der Waals surface area contributed by atoms with Gasteiger partial charge in [0.05, 0.1) is 11.4 Å². The van der Waals surface area contributed by atoms with E-state index in [1.54, 1.807) is 20.2 Å². The summed E-state index contributed by atoms with van der Waals surface area (Å²) in [5.41, 5.74) is 2.37. The van der Waals surface area contributed by atoms with Crippen molar-refractivity contribution in [2.75, 3.05) is 30.9 Å². The van der Waals surface area contributed by atoms with Crippen LogP contribution < -0.4 is 10.2 Å². The molecule has 5 heteroatoms. The molecular formula is C14H17N3O2. The molecule has 1 saturated heterocycles. The lowest BCUT2D eigenvalue weighted by Crippen LogP contribution is -2.44. The molecule has 1 N–H and O–H groups in total. The number of carbonyl (C=O) groups is 2. The molecule has 100 valence electrons. The number of carbonyl (C=O) groups excluding carboxylic acids is 2. The summed E-state index contributed by atoms with van der Waals surface area (Å²) in [6.07, 6.45) is 1.94. The summed E-state index contributed by atoms with van der Waals surface area (Å²) in [4.78, 5) is 27.6. The predicted molar refractivity (Wildman–Crippen MR) is 73.5 cm³/mol. The first-order valence-electron chi connectivity index (χ1n) is 6.51. The van der Waals surface area contributed by atoms with E-state index in [1.165, 1.54) is 4.90 Å². The van der Waals surface area contributed by atoms with E-state index < -0.39 is 0 Å². The van der Waals surface area contributed by atoms with E-state index in [-0.39, 0.29) is 17.9 Å². The lowest BCUT2D eigenvalue weighted by molar-refractivity contribution is -0.117. The van der Waals surface area contributed by atoms with Crippen LogP contribution in [0.25, 0.3) is 0 Å². The minimum Gasteiger partial charge on any atom is -0.358 e. The van der Waals surface area contributed by atoms with Crippen LogP contribution in [0.5, 0.6) is 0 Å². The van der Waals surface area contributed by atoms with Gasteiger partial charge in [-0.1, -0.05) is 0 Å². The van der Waals surface area contributed by atoms with Crippen molar-refractivity contribution < 1.29 is 9.59 Å². The molecule has 1 atom stereocenters. The number of rotatable bonds is 1. The monoisotopic (exact) mass is 259 g/mol. The molecule has 0 radical (unpaired) electrons. The van der Waals surface area contributed by atoms with Gasteiger partial charge in [0.2, 0.25) is 5.91 Å². The van der Waals surface area contributed by atoms with E-state index in [4.69, 9.17) is 0 Å². The summed E-state index contributed by atoms with van der Waals surface area (Å²) in [7, 11) is 3.44. The molecule has 0 unspecified atom stereocenters. The Kier molecular flexibility index (Phi) is 2.69. The van der Waals surface area contributed by atoms with E-state index in [1.807, 2.05) is 12.1 Å². The maximum atomic E-state index is 12.0. The van der Waals surface area contributed by atoms with Crippen molar-refractivity contribution in [3.05, 3.63) is 23.8 Å².